The van der Waals surface area contributed by atoms with Crippen molar-refractivity contribution in [3.63, 3.8) is 0 Å². The average molecular weight is 286 g/mol. The molecule has 3 atom stereocenters. The van der Waals surface area contributed by atoms with E-state index in [2.05, 4.69) is 0 Å². The van der Waals surface area contributed by atoms with Crippen molar-refractivity contribution in [1.82, 2.24) is 10.0 Å². The molecule has 2 aliphatic rings. The maximum Gasteiger partial charge on any atom is 0.429 e. The Kier molecular flexibility index (Phi) is 4.08. The van der Waals surface area contributed by atoms with Gasteiger partial charge in [-0.05, 0) is 40.5 Å². The molecule has 0 radical (unpaired) electrons. The number of hydrazine groups is 1. The molecule has 0 aromatic rings. The molecule has 2 amide bonds. The maximum atomic E-state index is 12.1. The molecule has 1 N–H and O–H groups in total. The summed E-state index contributed by atoms with van der Waals surface area (Å²) in [6, 6.07) is -0.619. The number of rotatable bonds is 2. The van der Waals surface area contributed by atoms with Gasteiger partial charge in [0.05, 0.1) is 30.4 Å². The van der Waals surface area contributed by atoms with Crippen molar-refractivity contribution in [3.05, 3.63) is 0 Å². The molecule has 114 valence electrons. The molecule has 1 saturated carbocycles. The Bertz CT molecular complexity index is 398. The predicted octanol–water partition coefficient (Wildman–Crippen LogP) is 1.50. The Labute approximate surface area is 118 Å². The van der Waals surface area contributed by atoms with Gasteiger partial charge in [0, 0.05) is 0 Å². The Morgan fingerprint density at radius 1 is 1.00 bits per heavy atom. The van der Waals surface area contributed by atoms with Crippen molar-refractivity contribution >= 4 is 12.2 Å². The zero-order chi connectivity index (χ0) is 15.0. The van der Waals surface area contributed by atoms with Crippen LogP contribution in [0, 0.1) is 0 Å². The summed E-state index contributed by atoms with van der Waals surface area (Å²) in [5.41, 5.74) is 0. The van der Waals surface area contributed by atoms with E-state index in [-0.39, 0.29) is 18.2 Å². The molecule has 0 aromatic carbocycles. The molecule has 0 spiro atoms. The van der Waals surface area contributed by atoms with Crippen LogP contribution in [0.4, 0.5) is 9.59 Å². The number of amides is 2. The molecule has 1 aliphatic carbocycles. The summed E-state index contributed by atoms with van der Waals surface area (Å²) in [5.74, 6) is 0. The number of carbonyl (C=O) groups excluding carboxylic acids is 2. The van der Waals surface area contributed by atoms with Crippen LogP contribution in [0.2, 0.25) is 0 Å². The van der Waals surface area contributed by atoms with Gasteiger partial charge >= 0.3 is 12.2 Å². The van der Waals surface area contributed by atoms with Gasteiger partial charge < -0.3 is 14.6 Å². The van der Waals surface area contributed by atoms with E-state index in [1.54, 1.807) is 27.7 Å². The first-order valence-electron chi connectivity index (χ1n) is 6.99. The Hall–Kier alpha value is -1.50. The van der Waals surface area contributed by atoms with E-state index in [0.717, 1.165) is 0 Å². The highest BCUT2D eigenvalue weighted by Gasteiger charge is 2.55. The van der Waals surface area contributed by atoms with Crippen molar-refractivity contribution in [2.45, 2.75) is 70.9 Å². The molecule has 7 nitrogen and oxygen atoms in total. The normalized spacial score (nSPS) is 28.4. The lowest BCUT2D eigenvalue weighted by Crippen LogP contribution is -2.57. The number of carbonyl (C=O) groups is 2. The van der Waals surface area contributed by atoms with Gasteiger partial charge in [0.1, 0.15) is 0 Å². The number of fused-ring (bicyclic) bond motifs is 2. The third kappa shape index (κ3) is 2.67. The van der Waals surface area contributed by atoms with Crippen LogP contribution in [0.15, 0.2) is 0 Å². The third-order valence-corrected chi connectivity index (χ3v) is 3.41. The SMILES string of the molecule is CC(C)OC(=O)N1[C@@H]2C[C@@H](O)[C@@H](C2)N1C(=O)OC(C)C. The highest BCUT2D eigenvalue weighted by Crippen LogP contribution is 2.39. The van der Waals surface area contributed by atoms with Crippen molar-refractivity contribution in [2.24, 2.45) is 0 Å². The van der Waals surface area contributed by atoms with E-state index in [9.17, 15) is 14.7 Å². The van der Waals surface area contributed by atoms with Gasteiger partial charge in [0.15, 0.2) is 0 Å². The molecule has 7 heteroatoms. The topological polar surface area (TPSA) is 79.3 Å². The first kappa shape index (κ1) is 14.9. The highest BCUT2D eigenvalue weighted by molar-refractivity contribution is 5.76. The summed E-state index contributed by atoms with van der Waals surface area (Å²) in [6.07, 6.45) is -1.35. The van der Waals surface area contributed by atoms with Gasteiger partial charge in [0.2, 0.25) is 0 Å². The van der Waals surface area contributed by atoms with Crippen LogP contribution < -0.4 is 0 Å². The largest absolute Gasteiger partial charge is 0.445 e. The summed E-state index contributed by atoms with van der Waals surface area (Å²) in [5, 5.41) is 12.4. The van der Waals surface area contributed by atoms with E-state index in [4.69, 9.17) is 9.47 Å². The first-order valence-corrected chi connectivity index (χ1v) is 6.99. The number of aliphatic hydroxyl groups excluding tert-OH is 1. The van der Waals surface area contributed by atoms with Crippen LogP contribution in [0.5, 0.6) is 0 Å². The van der Waals surface area contributed by atoms with Crippen LogP contribution >= 0.6 is 0 Å². The van der Waals surface area contributed by atoms with Gasteiger partial charge in [-0.1, -0.05) is 0 Å². The fourth-order valence-corrected chi connectivity index (χ4v) is 2.74. The molecular weight excluding hydrogens is 264 g/mol. The van der Waals surface area contributed by atoms with E-state index < -0.39 is 24.3 Å². The minimum atomic E-state index is -0.622. The number of nitrogens with zero attached hydrogens (tertiary/aromatic N) is 2. The molecule has 2 fully saturated rings. The van der Waals surface area contributed by atoms with Crippen LogP contribution in [0.3, 0.4) is 0 Å². The Morgan fingerprint density at radius 2 is 1.50 bits per heavy atom. The van der Waals surface area contributed by atoms with Crippen molar-refractivity contribution < 1.29 is 24.2 Å². The lowest BCUT2D eigenvalue weighted by Gasteiger charge is -2.38. The second-order valence-corrected chi connectivity index (χ2v) is 5.81. The van der Waals surface area contributed by atoms with Gasteiger partial charge in [0.25, 0.3) is 0 Å². The molecule has 1 heterocycles. The monoisotopic (exact) mass is 286 g/mol. The summed E-state index contributed by atoms with van der Waals surface area (Å²) < 4.78 is 10.3. The third-order valence-electron chi connectivity index (χ3n) is 3.41. The van der Waals surface area contributed by atoms with Crippen LogP contribution in [0.1, 0.15) is 40.5 Å². The molecule has 2 bridgehead atoms. The smallest absolute Gasteiger partial charge is 0.429 e. The van der Waals surface area contributed by atoms with E-state index in [1.807, 2.05) is 0 Å². The Morgan fingerprint density at radius 3 is 2.00 bits per heavy atom. The van der Waals surface area contributed by atoms with E-state index in [1.165, 1.54) is 10.0 Å². The molecule has 1 saturated heterocycles. The van der Waals surface area contributed by atoms with Crippen molar-refractivity contribution in [1.29, 1.82) is 0 Å². The van der Waals surface area contributed by atoms with Gasteiger partial charge in [-0.2, -0.15) is 0 Å². The van der Waals surface area contributed by atoms with Gasteiger partial charge in [-0.15, -0.1) is 0 Å². The fourth-order valence-electron chi connectivity index (χ4n) is 2.74. The lowest BCUT2D eigenvalue weighted by molar-refractivity contribution is -0.0822. The quantitative estimate of drug-likeness (QED) is 0.832. The molecule has 2 rings (SSSR count). The summed E-state index contributed by atoms with van der Waals surface area (Å²) in [4.78, 5) is 24.3. The van der Waals surface area contributed by atoms with E-state index in [0.29, 0.717) is 12.8 Å². The van der Waals surface area contributed by atoms with E-state index >= 15 is 0 Å². The molecule has 20 heavy (non-hydrogen) atoms. The first-order chi connectivity index (χ1) is 9.31. The standard InChI is InChI=1S/C13H22N2O5/c1-7(2)19-12(17)14-9-5-10(11(16)6-9)15(14)13(18)20-8(3)4/h7-11,16H,5-6H2,1-4H3/t9-,10+,11+/m0/s1. The minimum absolute atomic E-state index is 0.207. The average Bonchev–Trinajstić information content (AvgIpc) is 2.82. The minimum Gasteiger partial charge on any atom is -0.445 e. The second kappa shape index (κ2) is 5.47. The predicted molar refractivity (Wildman–Crippen MR) is 69.7 cm³/mol. The van der Waals surface area contributed by atoms with Gasteiger partial charge in [-0.25, -0.2) is 19.6 Å². The fraction of sp³-hybridized carbons (Fsp3) is 0.846. The summed E-state index contributed by atoms with van der Waals surface area (Å²) >= 11 is 0. The number of ether oxygens (including phenoxy) is 2. The van der Waals surface area contributed by atoms with Crippen LogP contribution in [-0.2, 0) is 9.47 Å². The zero-order valence-electron chi connectivity index (χ0n) is 12.3. The molecule has 0 aromatic heterocycles. The summed E-state index contributed by atoms with van der Waals surface area (Å²) in [6.45, 7) is 6.97. The summed E-state index contributed by atoms with van der Waals surface area (Å²) in [7, 11) is 0. The van der Waals surface area contributed by atoms with Crippen molar-refractivity contribution in [3.8, 4) is 0 Å². The number of hydrogen-bond acceptors (Lipinski definition) is 5. The number of aliphatic hydroxyl groups is 1. The molecule has 1 aliphatic heterocycles. The van der Waals surface area contributed by atoms with Crippen LogP contribution in [0.25, 0.3) is 0 Å². The highest BCUT2D eigenvalue weighted by atomic mass is 16.6. The molecule has 0 unspecified atom stereocenters. The number of hydrogen-bond donors (Lipinski definition) is 1. The second-order valence-electron chi connectivity index (χ2n) is 5.81. The Balaban J connectivity index is 2.16. The van der Waals surface area contributed by atoms with Crippen molar-refractivity contribution in [2.75, 3.05) is 0 Å². The lowest BCUT2D eigenvalue weighted by atomic mass is 10.2. The van der Waals surface area contributed by atoms with Crippen LogP contribution in [-0.4, -0.2) is 57.7 Å². The van der Waals surface area contributed by atoms with Gasteiger partial charge in [-0.3, -0.25) is 0 Å². The molecular formula is C13H22N2O5. The zero-order valence-corrected chi connectivity index (χ0v) is 12.3. The maximum absolute atomic E-state index is 12.1.